The van der Waals surface area contributed by atoms with E-state index in [0.717, 1.165) is 12.8 Å². The largest absolute Gasteiger partial charge is 0.355 e. The number of unbranched alkanes of at least 4 members (excludes halogenated alkanes) is 1. The number of hydrogen-bond acceptors (Lipinski definition) is 5. The molecule has 0 amide bonds. The van der Waals surface area contributed by atoms with E-state index in [0.29, 0.717) is 34.2 Å². The fourth-order valence-corrected chi connectivity index (χ4v) is 3.79. The monoisotopic (exact) mass is 364 g/mol. The summed E-state index contributed by atoms with van der Waals surface area (Å²) < 4.78 is 1.56. The first-order chi connectivity index (χ1) is 11.8. The Morgan fingerprint density at radius 2 is 2.00 bits per heavy atom. The Bertz CT molecular complexity index is 847. The molecule has 136 valence electrons. The van der Waals surface area contributed by atoms with E-state index in [1.54, 1.807) is 25.3 Å². The molecule has 0 radical (unpaired) electrons. The van der Waals surface area contributed by atoms with Crippen LogP contribution in [-0.4, -0.2) is 36.6 Å². The van der Waals surface area contributed by atoms with Gasteiger partial charge in [0.25, 0.3) is 0 Å². The van der Waals surface area contributed by atoms with Gasteiger partial charge in [0.2, 0.25) is 0 Å². The van der Waals surface area contributed by atoms with Crippen LogP contribution in [0.15, 0.2) is 9.95 Å². The van der Waals surface area contributed by atoms with Crippen LogP contribution < -0.4 is 5.69 Å². The highest BCUT2D eigenvalue weighted by atomic mass is 32.2. The van der Waals surface area contributed by atoms with Crippen molar-refractivity contribution in [1.29, 1.82) is 0 Å². The van der Waals surface area contributed by atoms with Crippen molar-refractivity contribution >= 4 is 23.3 Å². The smallest absolute Gasteiger partial charge is 0.343 e. The molecule has 0 aliphatic rings. The number of aromatic nitrogens is 4. The van der Waals surface area contributed by atoms with Gasteiger partial charge in [-0.2, -0.15) is 0 Å². The highest BCUT2D eigenvalue weighted by molar-refractivity contribution is 8.00. The Balaban J connectivity index is 2.24. The molecule has 0 aliphatic heterocycles. The molecule has 0 bridgehead atoms. The lowest BCUT2D eigenvalue weighted by atomic mass is 10.0. The van der Waals surface area contributed by atoms with E-state index >= 15 is 0 Å². The van der Waals surface area contributed by atoms with Gasteiger partial charge in [-0.3, -0.25) is 14.2 Å². The minimum atomic E-state index is -0.438. The lowest BCUT2D eigenvalue weighted by molar-refractivity contribution is 0.0988. The molecule has 2 rings (SSSR count). The van der Waals surface area contributed by atoms with Crippen LogP contribution in [0.2, 0.25) is 0 Å². The number of aryl methyl sites for hydroxylation is 1. The molecule has 0 saturated heterocycles. The fraction of sp³-hybridized carbons (Fsp3) is 0.529. The molecule has 25 heavy (non-hydrogen) atoms. The summed E-state index contributed by atoms with van der Waals surface area (Å²) in [5.74, 6) is -0.179. The minimum Gasteiger partial charge on any atom is -0.355 e. The van der Waals surface area contributed by atoms with E-state index in [9.17, 15) is 14.4 Å². The first-order valence-corrected chi connectivity index (χ1v) is 9.22. The maximum Gasteiger partial charge on any atom is 0.343 e. The van der Waals surface area contributed by atoms with Crippen LogP contribution in [0.1, 0.15) is 65.7 Å². The van der Waals surface area contributed by atoms with Gasteiger partial charge in [-0.25, -0.2) is 9.89 Å². The molecular weight excluding hydrogens is 340 g/mol. The van der Waals surface area contributed by atoms with Crippen molar-refractivity contribution in [2.75, 3.05) is 0 Å². The number of hydrogen-bond donors (Lipinski definition) is 2. The SMILES string of the molecule is CCCCn1c(SC(C)C(=O)c2[nH]c(C)c(C(C)=O)c2C)n[nH]c1=O. The quantitative estimate of drug-likeness (QED) is 0.554. The summed E-state index contributed by atoms with van der Waals surface area (Å²) in [6.07, 6.45) is 1.83. The summed E-state index contributed by atoms with van der Waals surface area (Å²) in [7, 11) is 0. The van der Waals surface area contributed by atoms with Gasteiger partial charge in [0.1, 0.15) is 0 Å². The van der Waals surface area contributed by atoms with Crippen LogP contribution in [0.4, 0.5) is 0 Å². The van der Waals surface area contributed by atoms with E-state index in [-0.39, 0.29) is 17.3 Å². The van der Waals surface area contributed by atoms with Crippen LogP contribution in [-0.2, 0) is 6.54 Å². The Morgan fingerprint density at radius 1 is 1.32 bits per heavy atom. The van der Waals surface area contributed by atoms with Crippen LogP contribution in [0, 0.1) is 13.8 Å². The van der Waals surface area contributed by atoms with Crippen LogP contribution in [0.25, 0.3) is 0 Å². The van der Waals surface area contributed by atoms with E-state index in [2.05, 4.69) is 15.2 Å². The Kier molecular flexibility index (Phi) is 6.05. The molecule has 1 atom stereocenters. The summed E-state index contributed by atoms with van der Waals surface area (Å²) in [5.41, 5.74) is 2.13. The first-order valence-electron chi connectivity index (χ1n) is 8.34. The highest BCUT2D eigenvalue weighted by Crippen LogP contribution is 2.26. The molecule has 1 unspecified atom stereocenters. The summed E-state index contributed by atoms with van der Waals surface area (Å²) >= 11 is 1.24. The number of rotatable bonds is 8. The third kappa shape index (κ3) is 3.95. The average molecular weight is 364 g/mol. The minimum absolute atomic E-state index is 0.0636. The predicted molar refractivity (Wildman–Crippen MR) is 97.7 cm³/mol. The molecule has 0 spiro atoms. The third-order valence-electron chi connectivity index (χ3n) is 4.15. The van der Waals surface area contributed by atoms with Gasteiger partial charge in [-0.05, 0) is 39.7 Å². The molecule has 0 fully saturated rings. The second-order valence-corrected chi connectivity index (χ2v) is 7.43. The van der Waals surface area contributed by atoms with Crippen molar-refractivity contribution in [1.82, 2.24) is 19.7 Å². The number of nitrogens with zero attached hydrogens (tertiary/aromatic N) is 2. The number of aromatic amines is 2. The third-order valence-corrected chi connectivity index (χ3v) is 5.24. The average Bonchev–Trinajstić information content (AvgIpc) is 3.04. The van der Waals surface area contributed by atoms with E-state index in [1.807, 2.05) is 6.92 Å². The topological polar surface area (TPSA) is 101 Å². The second kappa shape index (κ2) is 7.86. The number of nitrogens with one attached hydrogen (secondary N) is 2. The van der Waals surface area contributed by atoms with Crippen molar-refractivity contribution in [2.24, 2.45) is 0 Å². The molecule has 2 N–H and O–H groups in total. The standard InChI is InChI=1S/C17H24N4O3S/c1-6-7-8-21-16(24)19-20-17(21)25-12(5)15(23)14-9(2)13(11(4)22)10(3)18-14/h12,18H,6-8H2,1-5H3,(H,19,24). The molecule has 0 saturated carbocycles. The maximum atomic E-state index is 12.8. The van der Waals surface area contributed by atoms with Gasteiger partial charge in [0.05, 0.1) is 10.9 Å². The molecular formula is C17H24N4O3S. The lowest BCUT2D eigenvalue weighted by Gasteiger charge is -2.10. The zero-order valence-corrected chi connectivity index (χ0v) is 16.0. The van der Waals surface area contributed by atoms with Gasteiger partial charge in [-0.15, -0.1) is 5.10 Å². The van der Waals surface area contributed by atoms with Gasteiger partial charge in [0.15, 0.2) is 16.7 Å². The number of Topliss-reactive ketones (excluding diaryl/α,β-unsaturated/α-hetero) is 2. The maximum absolute atomic E-state index is 12.8. The zero-order chi connectivity index (χ0) is 18.7. The number of thioether (sulfide) groups is 1. The van der Waals surface area contributed by atoms with Crippen molar-refractivity contribution in [3.63, 3.8) is 0 Å². The zero-order valence-electron chi connectivity index (χ0n) is 15.2. The van der Waals surface area contributed by atoms with Crippen LogP contribution in [0.5, 0.6) is 0 Å². The number of carbonyl (C=O) groups is 2. The van der Waals surface area contributed by atoms with Gasteiger partial charge >= 0.3 is 5.69 Å². The summed E-state index contributed by atoms with van der Waals surface area (Å²) in [6.45, 7) is 9.45. The fourth-order valence-electron chi connectivity index (χ4n) is 2.85. The van der Waals surface area contributed by atoms with E-state index < -0.39 is 5.25 Å². The summed E-state index contributed by atoms with van der Waals surface area (Å²) in [4.78, 5) is 39.4. The molecule has 2 aromatic rings. The van der Waals surface area contributed by atoms with Crippen molar-refractivity contribution in [3.8, 4) is 0 Å². The highest BCUT2D eigenvalue weighted by Gasteiger charge is 2.25. The molecule has 2 heterocycles. The molecule has 2 aromatic heterocycles. The van der Waals surface area contributed by atoms with Gasteiger partial charge < -0.3 is 4.98 Å². The van der Waals surface area contributed by atoms with Crippen LogP contribution in [0.3, 0.4) is 0 Å². The predicted octanol–water partition coefficient (Wildman–Crippen LogP) is 2.88. The van der Waals surface area contributed by atoms with E-state index in [1.165, 1.54) is 18.7 Å². The Hall–Kier alpha value is -2.09. The number of carbonyl (C=O) groups excluding carboxylic acids is 2. The second-order valence-electron chi connectivity index (χ2n) is 6.12. The number of ketones is 2. The van der Waals surface area contributed by atoms with Crippen molar-refractivity contribution in [2.45, 2.75) is 64.4 Å². The molecule has 7 nitrogen and oxygen atoms in total. The Morgan fingerprint density at radius 3 is 2.56 bits per heavy atom. The van der Waals surface area contributed by atoms with Gasteiger partial charge in [0, 0.05) is 17.8 Å². The molecule has 0 aliphatic carbocycles. The molecule has 8 heteroatoms. The summed E-state index contributed by atoms with van der Waals surface area (Å²) in [6, 6.07) is 0. The summed E-state index contributed by atoms with van der Waals surface area (Å²) in [5, 5.41) is 6.54. The van der Waals surface area contributed by atoms with Crippen LogP contribution >= 0.6 is 11.8 Å². The van der Waals surface area contributed by atoms with E-state index in [4.69, 9.17) is 0 Å². The van der Waals surface area contributed by atoms with Gasteiger partial charge in [-0.1, -0.05) is 25.1 Å². The Labute approximate surface area is 150 Å². The number of H-pyrrole nitrogens is 2. The van der Waals surface area contributed by atoms with Crippen molar-refractivity contribution < 1.29 is 9.59 Å². The first kappa shape index (κ1) is 19.2. The van der Waals surface area contributed by atoms with Crippen molar-refractivity contribution in [3.05, 3.63) is 33.0 Å². The lowest BCUT2D eigenvalue weighted by Crippen LogP contribution is -2.20. The molecule has 0 aromatic carbocycles. The normalized spacial score (nSPS) is 12.4.